The van der Waals surface area contributed by atoms with E-state index in [4.69, 9.17) is 5.73 Å². The molecule has 0 saturated heterocycles. The van der Waals surface area contributed by atoms with Crippen molar-refractivity contribution < 1.29 is 0 Å². The van der Waals surface area contributed by atoms with Gasteiger partial charge in [0.25, 0.3) is 0 Å². The molecule has 6 nitrogen and oxygen atoms in total. The van der Waals surface area contributed by atoms with Gasteiger partial charge in [-0.1, -0.05) is 18.6 Å². The third-order valence-electron chi connectivity index (χ3n) is 3.03. The van der Waals surface area contributed by atoms with Gasteiger partial charge >= 0.3 is 0 Å². The van der Waals surface area contributed by atoms with Gasteiger partial charge in [-0.25, -0.2) is 4.98 Å². The van der Waals surface area contributed by atoms with E-state index in [1.54, 1.807) is 6.20 Å². The summed E-state index contributed by atoms with van der Waals surface area (Å²) in [7, 11) is 0. The Morgan fingerprint density at radius 3 is 2.89 bits per heavy atom. The lowest BCUT2D eigenvalue weighted by Crippen LogP contribution is -2.10. The van der Waals surface area contributed by atoms with Crippen LogP contribution in [0.25, 0.3) is 0 Å². The molecule has 0 bridgehead atoms. The molecule has 0 aromatic carbocycles. The van der Waals surface area contributed by atoms with Crippen LogP contribution < -0.4 is 5.73 Å². The molecule has 2 heterocycles. The molecule has 0 aliphatic heterocycles. The van der Waals surface area contributed by atoms with Gasteiger partial charge in [-0.05, 0) is 13.3 Å². The smallest absolute Gasteiger partial charge is 0.105 e. The number of rotatable bonds is 6. The van der Waals surface area contributed by atoms with E-state index >= 15 is 0 Å². The minimum atomic E-state index is -0.00117. The normalized spacial score (nSPS) is 12.8. The zero-order valence-electron chi connectivity index (χ0n) is 11.0. The molecule has 2 rings (SSSR count). The van der Waals surface area contributed by atoms with E-state index in [-0.39, 0.29) is 6.04 Å². The minimum Gasteiger partial charge on any atom is -0.333 e. The lowest BCUT2D eigenvalue weighted by Gasteiger charge is -2.05. The SMILES string of the molecule is CCCC(N)c1cn(CCn2ccnc2C)nn1. The van der Waals surface area contributed by atoms with E-state index in [0.717, 1.165) is 37.4 Å². The first-order valence-electron chi connectivity index (χ1n) is 6.34. The summed E-state index contributed by atoms with van der Waals surface area (Å²) in [6.07, 6.45) is 7.71. The van der Waals surface area contributed by atoms with Crippen molar-refractivity contribution in [3.05, 3.63) is 30.1 Å². The Balaban J connectivity index is 1.93. The summed E-state index contributed by atoms with van der Waals surface area (Å²) in [5.74, 6) is 1.01. The van der Waals surface area contributed by atoms with Crippen molar-refractivity contribution in [1.29, 1.82) is 0 Å². The second kappa shape index (κ2) is 5.77. The predicted octanol–water partition coefficient (Wildman–Crippen LogP) is 1.28. The zero-order chi connectivity index (χ0) is 13.0. The van der Waals surface area contributed by atoms with Gasteiger partial charge < -0.3 is 10.3 Å². The van der Waals surface area contributed by atoms with Crippen LogP contribution in [0, 0.1) is 6.92 Å². The molecule has 0 fully saturated rings. The standard InChI is InChI=1S/C12H20N6/c1-3-4-11(13)12-9-18(16-15-12)8-7-17-6-5-14-10(17)2/h5-6,9,11H,3-4,7-8,13H2,1-2H3. The van der Waals surface area contributed by atoms with Crippen molar-refractivity contribution in [2.75, 3.05) is 0 Å². The summed E-state index contributed by atoms with van der Waals surface area (Å²) >= 11 is 0. The Bertz CT molecular complexity index is 486. The van der Waals surface area contributed by atoms with Crippen LogP contribution in [0.4, 0.5) is 0 Å². The van der Waals surface area contributed by atoms with Gasteiger partial charge in [-0.2, -0.15) is 0 Å². The van der Waals surface area contributed by atoms with Crippen LogP contribution in [0.3, 0.4) is 0 Å². The monoisotopic (exact) mass is 248 g/mol. The summed E-state index contributed by atoms with van der Waals surface area (Å²) in [6, 6.07) is -0.00117. The number of aromatic nitrogens is 5. The van der Waals surface area contributed by atoms with Gasteiger partial charge in [0.2, 0.25) is 0 Å². The van der Waals surface area contributed by atoms with Crippen molar-refractivity contribution >= 4 is 0 Å². The van der Waals surface area contributed by atoms with Crippen molar-refractivity contribution in [2.24, 2.45) is 5.73 Å². The number of nitrogens with two attached hydrogens (primary N) is 1. The van der Waals surface area contributed by atoms with Crippen molar-refractivity contribution in [3.8, 4) is 0 Å². The highest BCUT2D eigenvalue weighted by Crippen LogP contribution is 2.11. The van der Waals surface area contributed by atoms with Crippen LogP contribution in [0.2, 0.25) is 0 Å². The Kier molecular flexibility index (Phi) is 4.09. The summed E-state index contributed by atoms with van der Waals surface area (Å²) < 4.78 is 3.93. The third-order valence-corrected chi connectivity index (χ3v) is 3.03. The fourth-order valence-corrected chi connectivity index (χ4v) is 1.90. The second-order valence-electron chi connectivity index (χ2n) is 4.47. The number of imidazole rings is 1. The molecule has 0 spiro atoms. The molecule has 0 radical (unpaired) electrons. The Hall–Kier alpha value is -1.69. The highest BCUT2D eigenvalue weighted by molar-refractivity contribution is 4.99. The Labute approximate surface area is 107 Å². The van der Waals surface area contributed by atoms with E-state index in [2.05, 4.69) is 26.8 Å². The first-order valence-corrected chi connectivity index (χ1v) is 6.34. The molecule has 0 saturated carbocycles. The molecular formula is C12H20N6. The van der Waals surface area contributed by atoms with Crippen molar-refractivity contribution in [1.82, 2.24) is 24.5 Å². The summed E-state index contributed by atoms with van der Waals surface area (Å²) in [5, 5.41) is 8.22. The van der Waals surface area contributed by atoms with Gasteiger partial charge in [0.15, 0.2) is 0 Å². The lowest BCUT2D eigenvalue weighted by atomic mass is 10.1. The first-order chi connectivity index (χ1) is 8.70. The zero-order valence-corrected chi connectivity index (χ0v) is 11.0. The molecule has 18 heavy (non-hydrogen) atoms. The predicted molar refractivity (Wildman–Crippen MR) is 68.8 cm³/mol. The van der Waals surface area contributed by atoms with Gasteiger partial charge in [0.05, 0.1) is 24.5 Å². The molecule has 2 N–H and O–H groups in total. The van der Waals surface area contributed by atoms with E-state index in [0.29, 0.717) is 0 Å². The first kappa shape index (κ1) is 12.8. The van der Waals surface area contributed by atoms with Crippen LogP contribution in [0.15, 0.2) is 18.6 Å². The van der Waals surface area contributed by atoms with Crippen LogP contribution in [0.1, 0.15) is 37.3 Å². The molecule has 6 heteroatoms. The van der Waals surface area contributed by atoms with Gasteiger partial charge in [-0.3, -0.25) is 4.68 Å². The molecular weight excluding hydrogens is 228 g/mol. The van der Waals surface area contributed by atoms with E-state index in [9.17, 15) is 0 Å². The quantitative estimate of drug-likeness (QED) is 0.835. The summed E-state index contributed by atoms with van der Waals surface area (Å²) in [4.78, 5) is 4.18. The second-order valence-corrected chi connectivity index (χ2v) is 4.47. The van der Waals surface area contributed by atoms with Crippen LogP contribution in [-0.4, -0.2) is 24.5 Å². The lowest BCUT2D eigenvalue weighted by molar-refractivity contribution is 0.513. The largest absolute Gasteiger partial charge is 0.333 e. The molecule has 2 aromatic heterocycles. The summed E-state index contributed by atoms with van der Waals surface area (Å²) in [6.45, 7) is 5.73. The number of nitrogens with zero attached hydrogens (tertiary/aromatic N) is 5. The van der Waals surface area contributed by atoms with E-state index in [1.165, 1.54) is 0 Å². The molecule has 0 amide bonds. The highest BCUT2D eigenvalue weighted by atomic mass is 15.4. The molecule has 1 atom stereocenters. The molecule has 0 aliphatic rings. The van der Waals surface area contributed by atoms with Crippen LogP contribution in [0.5, 0.6) is 0 Å². The number of hydrogen-bond acceptors (Lipinski definition) is 4. The average Bonchev–Trinajstić information content (AvgIpc) is 2.96. The molecule has 1 unspecified atom stereocenters. The fraction of sp³-hybridized carbons (Fsp3) is 0.583. The molecule has 2 aromatic rings. The van der Waals surface area contributed by atoms with Gasteiger partial charge in [-0.15, -0.1) is 5.10 Å². The maximum atomic E-state index is 6.00. The van der Waals surface area contributed by atoms with Crippen molar-refractivity contribution in [3.63, 3.8) is 0 Å². The fourth-order valence-electron chi connectivity index (χ4n) is 1.90. The van der Waals surface area contributed by atoms with E-state index < -0.39 is 0 Å². The highest BCUT2D eigenvalue weighted by Gasteiger charge is 2.09. The summed E-state index contributed by atoms with van der Waals surface area (Å²) in [5.41, 5.74) is 6.88. The molecule has 98 valence electrons. The Morgan fingerprint density at radius 1 is 1.39 bits per heavy atom. The van der Waals surface area contributed by atoms with Gasteiger partial charge in [0, 0.05) is 18.9 Å². The third kappa shape index (κ3) is 2.95. The van der Waals surface area contributed by atoms with Crippen molar-refractivity contribution in [2.45, 2.75) is 45.8 Å². The van der Waals surface area contributed by atoms with Crippen LogP contribution in [-0.2, 0) is 13.1 Å². The average molecular weight is 248 g/mol. The van der Waals surface area contributed by atoms with Gasteiger partial charge in [0.1, 0.15) is 5.82 Å². The maximum absolute atomic E-state index is 6.00. The van der Waals surface area contributed by atoms with Crippen LogP contribution >= 0.6 is 0 Å². The maximum Gasteiger partial charge on any atom is 0.105 e. The number of aryl methyl sites for hydroxylation is 3. The topological polar surface area (TPSA) is 74.5 Å². The molecule has 0 aliphatic carbocycles. The minimum absolute atomic E-state index is 0.00117. The Morgan fingerprint density at radius 2 is 2.22 bits per heavy atom. The van der Waals surface area contributed by atoms with E-state index in [1.807, 2.05) is 24.0 Å². The number of hydrogen-bond donors (Lipinski definition) is 1.